The minimum Gasteiger partial charge on any atom is -0.385 e. The fourth-order valence-electron chi connectivity index (χ4n) is 4.93. The molecular weight excluding hydrogens is 585 g/mol. The SMILES string of the molecule is CC(C)(C)C1(C)CCC1.CC(C)(C)C1(C)COC1.CC(C)(C)C1CC1.CC(C)(C)C1CCC1.CC(C)C(C)(C)C.COCCC(C)(C)C. The second-order valence-corrected chi connectivity index (χ2v) is 23.4. The molecule has 0 unspecified atom stereocenters. The first-order valence-corrected chi connectivity index (χ1v) is 20.2. The van der Waals surface area contributed by atoms with Crippen LogP contribution in [0.25, 0.3) is 0 Å². The van der Waals surface area contributed by atoms with E-state index in [1.54, 1.807) is 7.11 Å². The Balaban J connectivity index is 0. The van der Waals surface area contributed by atoms with Gasteiger partial charge in [-0.15, -0.1) is 0 Å². The van der Waals surface area contributed by atoms with Crippen molar-refractivity contribution in [3.8, 4) is 0 Å². The van der Waals surface area contributed by atoms with Crippen molar-refractivity contribution >= 4 is 0 Å². The highest BCUT2D eigenvalue weighted by atomic mass is 16.5. The number of hydrogen-bond donors (Lipinski definition) is 0. The minimum atomic E-state index is 0.408. The molecule has 1 saturated heterocycles. The summed E-state index contributed by atoms with van der Waals surface area (Å²) < 4.78 is 10.1. The molecule has 4 aliphatic rings. The molecule has 0 radical (unpaired) electrons. The van der Waals surface area contributed by atoms with E-state index in [0.29, 0.717) is 43.3 Å². The largest absolute Gasteiger partial charge is 0.385 e. The minimum absolute atomic E-state index is 0.408. The van der Waals surface area contributed by atoms with Crippen molar-refractivity contribution in [1.82, 2.24) is 0 Å². The summed E-state index contributed by atoms with van der Waals surface area (Å²) in [7, 11) is 1.74. The standard InChI is InChI=1S/C9H18.C8H16O.C8H16.C7H16O.C7H14.C7H16/c1-8(2,3)9(4)6-5-7-9;1-7(2,3)8(4)5-9-6-8;1-8(2,3)7-5-4-6-7;1-7(2,3)5-6-8-4;1-7(2,3)6-4-5-6;1-6(2)7(3,4)5/h5-7H2,1-4H3;5-6H2,1-4H3;7H,4-6H2,1-3H3;5-6H2,1-4H3;6H,4-5H2,1-3H3;6H,1-5H3. The van der Waals surface area contributed by atoms with Gasteiger partial charge < -0.3 is 9.47 Å². The molecule has 1 heterocycles. The summed E-state index contributed by atoms with van der Waals surface area (Å²) >= 11 is 0. The van der Waals surface area contributed by atoms with Gasteiger partial charge in [0.1, 0.15) is 0 Å². The Morgan fingerprint density at radius 2 is 0.938 bits per heavy atom. The maximum atomic E-state index is 5.16. The van der Waals surface area contributed by atoms with Crippen molar-refractivity contribution in [2.24, 2.45) is 61.1 Å². The van der Waals surface area contributed by atoms with Crippen LogP contribution in [0.15, 0.2) is 0 Å². The quantitative estimate of drug-likeness (QED) is 0.289. The molecule has 48 heavy (non-hydrogen) atoms. The van der Waals surface area contributed by atoms with Crippen LogP contribution in [-0.2, 0) is 9.47 Å². The van der Waals surface area contributed by atoms with Gasteiger partial charge in [0, 0.05) is 19.1 Å². The number of hydrogen-bond acceptors (Lipinski definition) is 2. The monoisotopic (exact) mass is 681 g/mol. The average Bonchev–Trinajstić information content (AvgIpc) is 3.63. The van der Waals surface area contributed by atoms with Crippen LogP contribution in [0.1, 0.15) is 210 Å². The molecule has 0 aromatic carbocycles. The van der Waals surface area contributed by atoms with Gasteiger partial charge in [-0.3, -0.25) is 0 Å². The van der Waals surface area contributed by atoms with Gasteiger partial charge in [-0.2, -0.15) is 0 Å². The van der Waals surface area contributed by atoms with Gasteiger partial charge in [0.05, 0.1) is 13.2 Å². The molecule has 0 amide bonds. The number of ether oxygens (including phenoxy) is 2. The van der Waals surface area contributed by atoms with E-state index in [0.717, 1.165) is 44.0 Å². The van der Waals surface area contributed by atoms with Gasteiger partial charge in [0.25, 0.3) is 0 Å². The Bertz CT molecular complexity index is 764. The third-order valence-electron chi connectivity index (χ3n) is 12.8. The third kappa shape index (κ3) is 21.3. The van der Waals surface area contributed by atoms with Gasteiger partial charge in [-0.25, -0.2) is 0 Å². The van der Waals surface area contributed by atoms with E-state index in [4.69, 9.17) is 9.47 Å². The summed E-state index contributed by atoms with van der Waals surface area (Å²) in [6, 6.07) is 0. The molecule has 0 N–H and O–H groups in total. The lowest BCUT2D eigenvalue weighted by Gasteiger charge is -2.49. The molecule has 4 rings (SSSR count). The Labute approximate surface area is 306 Å². The first kappa shape index (κ1) is 50.0. The molecule has 0 spiro atoms. The predicted molar refractivity (Wildman–Crippen MR) is 219 cm³/mol. The van der Waals surface area contributed by atoms with E-state index in [9.17, 15) is 0 Å². The first-order chi connectivity index (χ1) is 21.1. The zero-order valence-electron chi connectivity index (χ0n) is 38.0. The van der Waals surface area contributed by atoms with Crippen LogP contribution in [0.2, 0.25) is 0 Å². The molecule has 0 bridgehead atoms. The highest BCUT2D eigenvalue weighted by Crippen LogP contribution is 2.53. The number of rotatable bonds is 2. The van der Waals surface area contributed by atoms with E-state index in [2.05, 4.69) is 152 Å². The molecule has 1 aliphatic heterocycles. The van der Waals surface area contributed by atoms with E-state index in [1.165, 1.54) is 51.4 Å². The van der Waals surface area contributed by atoms with Crippen LogP contribution in [0.3, 0.4) is 0 Å². The molecule has 3 aliphatic carbocycles. The van der Waals surface area contributed by atoms with Crippen LogP contribution in [0, 0.1) is 61.1 Å². The lowest BCUT2D eigenvalue weighted by Crippen LogP contribution is -2.49. The molecule has 3 saturated carbocycles. The van der Waals surface area contributed by atoms with E-state index >= 15 is 0 Å². The summed E-state index contributed by atoms with van der Waals surface area (Å²) in [6.07, 6.45) is 12.9. The lowest BCUT2D eigenvalue weighted by atomic mass is 9.56. The molecule has 0 aromatic heterocycles. The summed E-state index contributed by atoms with van der Waals surface area (Å²) in [5, 5.41) is 0. The molecule has 0 atom stereocenters. The highest BCUT2D eigenvalue weighted by Gasteiger charge is 2.44. The van der Waals surface area contributed by atoms with Gasteiger partial charge in [-0.1, -0.05) is 165 Å². The molecule has 2 nitrogen and oxygen atoms in total. The summed E-state index contributed by atoms with van der Waals surface area (Å²) in [6.45, 7) is 53.3. The second-order valence-electron chi connectivity index (χ2n) is 23.4. The summed E-state index contributed by atoms with van der Waals surface area (Å²) in [4.78, 5) is 0. The molecule has 292 valence electrons. The van der Waals surface area contributed by atoms with E-state index in [-0.39, 0.29) is 0 Å². The number of methoxy groups -OCH3 is 1. The van der Waals surface area contributed by atoms with Crippen molar-refractivity contribution < 1.29 is 9.47 Å². The molecule has 0 aromatic rings. The van der Waals surface area contributed by atoms with Gasteiger partial charge >= 0.3 is 0 Å². The van der Waals surface area contributed by atoms with Gasteiger partial charge in [0.15, 0.2) is 0 Å². The zero-order chi connectivity index (χ0) is 38.6. The maximum Gasteiger partial charge on any atom is 0.0547 e. The van der Waals surface area contributed by atoms with E-state index < -0.39 is 0 Å². The lowest BCUT2D eigenvalue weighted by molar-refractivity contribution is -0.158. The van der Waals surface area contributed by atoms with Crippen molar-refractivity contribution in [1.29, 1.82) is 0 Å². The Kier molecular flexibility index (Phi) is 20.5. The molecular formula is C46H96O2. The third-order valence-corrected chi connectivity index (χ3v) is 12.8. The molecule has 2 heteroatoms. The smallest absolute Gasteiger partial charge is 0.0547 e. The predicted octanol–water partition coefficient (Wildman–Crippen LogP) is 15.3. The Morgan fingerprint density at radius 3 is 0.958 bits per heavy atom. The Morgan fingerprint density at radius 1 is 0.583 bits per heavy atom. The van der Waals surface area contributed by atoms with Crippen LogP contribution in [0.5, 0.6) is 0 Å². The molecule has 4 fully saturated rings. The van der Waals surface area contributed by atoms with Crippen molar-refractivity contribution in [2.75, 3.05) is 26.9 Å². The van der Waals surface area contributed by atoms with Crippen molar-refractivity contribution in [2.45, 2.75) is 210 Å². The fourth-order valence-corrected chi connectivity index (χ4v) is 4.93. The van der Waals surface area contributed by atoms with Crippen molar-refractivity contribution in [3.63, 3.8) is 0 Å². The normalized spacial score (nSPS) is 20.5. The van der Waals surface area contributed by atoms with Crippen LogP contribution < -0.4 is 0 Å². The highest BCUT2D eigenvalue weighted by molar-refractivity contribution is 4.93. The maximum absolute atomic E-state index is 5.16. The Hall–Kier alpha value is -0.0800. The fraction of sp³-hybridized carbons (Fsp3) is 1.00. The van der Waals surface area contributed by atoms with Crippen molar-refractivity contribution in [3.05, 3.63) is 0 Å². The summed E-state index contributed by atoms with van der Waals surface area (Å²) in [5.74, 6) is 2.88. The summed E-state index contributed by atoms with van der Waals surface area (Å²) in [5.41, 5.74) is 4.17. The van der Waals surface area contributed by atoms with Crippen LogP contribution in [-0.4, -0.2) is 26.9 Å². The first-order valence-electron chi connectivity index (χ1n) is 20.2. The topological polar surface area (TPSA) is 18.5 Å². The second kappa shape index (κ2) is 19.7. The average molecular weight is 681 g/mol. The van der Waals surface area contributed by atoms with E-state index in [1.807, 2.05) is 0 Å². The van der Waals surface area contributed by atoms with Crippen LogP contribution >= 0.6 is 0 Å². The van der Waals surface area contributed by atoms with Crippen LogP contribution in [0.4, 0.5) is 0 Å². The van der Waals surface area contributed by atoms with Gasteiger partial charge in [0.2, 0.25) is 0 Å². The van der Waals surface area contributed by atoms with Gasteiger partial charge in [-0.05, 0) is 101 Å². The zero-order valence-corrected chi connectivity index (χ0v) is 38.0.